The third kappa shape index (κ3) is 5.60. The number of rotatable bonds is 8. The van der Waals surface area contributed by atoms with E-state index in [4.69, 9.17) is 0 Å². The molecule has 0 heterocycles. The van der Waals surface area contributed by atoms with Crippen LogP contribution in [-0.4, -0.2) is 0 Å². The molecule has 3 unspecified atom stereocenters. The second kappa shape index (κ2) is 11.0. The molecule has 0 N–H and O–H groups in total. The lowest BCUT2D eigenvalue weighted by molar-refractivity contribution is 0.0699. The quantitative estimate of drug-likeness (QED) is 0.299. The van der Waals surface area contributed by atoms with Crippen molar-refractivity contribution in [2.75, 3.05) is 0 Å². The predicted octanol–water partition coefficient (Wildman–Crippen LogP) is 8.71. The van der Waals surface area contributed by atoms with E-state index in [1.165, 1.54) is 83.5 Å². The first kappa shape index (κ1) is 22.2. The highest BCUT2D eigenvalue weighted by Gasteiger charge is 2.38. The largest absolute Gasteiger partial charge is 0.0917 e. The summed E-state index contributed by atoms with van der Waals surface area (Å²) < 4.78 is 0. The van der Waals surface area contributed by atoms with Gasteiger partial charge in [0.15, 0.2) is 0 Å². The summed E-state index contributed by atoms with van der Waals surface area (Å²) in [6.07, 6.45) is 26.1. The Morgan fingerprint density at radius 3 is 2.50 bits per heavy atom. The topological polar surface area (TPSA) is 0 Å². The number of hydrogen-bond acceptors (Lipinski definition) is 0. The van der Waals surface area contributed by atoms with Crippen molar-refractivity contribution in [1.29, 1.82) is 0 Å². The smallest absolute Gasteiger partial charge is 0.0245 e. The van der Waals surface area contributed by atoms with Crippen molar-refractivity contribution in [2.45, 2.75) is 110 Å². The second-order valence-electron chi connectivity index (χ2n) is 11.0. The number of fused-ring (bicyclic) bond motifs is 2. The molecule has 1 aromatic carbocycles. The van der Waals surface area contributed by atoms with Gasteiger partial charge in [-0.15, -0.1) is 0 Å². The Morgan fingerprint density at radius 1 is 0.867 bits per heavy atom. The second-order valence-corrected chi connectivity index (χ2v) is 11.0. The summed E-state index contributed by atoms with van der Waals surface area (Å²) in [5.74, 6) is 5.13. The van der Waals surface area contributed by atoms with Gasteiger partial charge in [-0.1, -0.05) is 56.5 Å². The van der Waals surface area contributed by atoms with Crippen molar-refractivity contribution < 1.29 is 0 Å². The molecule has 0 aliphatic heterocycles. The Labute approximate surface area is 186 Å². The van der Waals surface area contributed by atoms with Gasteiger partial charge < -0.3 is 0 Å². The minimum Gasteiger partial charge on any atom is -0.0917 e. The zero-order chi connectivity index (χ0) is 20.8. The van der Waals surface area contributed by atoms with Crippen LogP contribution in [0.4, 0.5) is 0 Å². The Bertz CT molecular complexity index is 683. The first-order valence-corrected chi connectivity index (χ1v) is 13.5. The first-order chi connectivity index (χ1) is 14.8. The first-order valence-electron chi connectivity index (χ1n) is 13.5. The van der Waals surface area contributed by atoms with Gasteiger partial charge in [-0.25, -0.2) is 0 Å². The van der Waals surface area contributed by atoms with Gasteiger partial charge in [0.1, 0.15) is 0 Å². The van der Waals surface area contributed by atoms with Crippen molar-refractivity contribution in [3.05, 3.63) is 47.0 Å². The zero-order valence-electron chi connectivity index (χ0n) is 19.9. The van der Waals surface area contributed by atoms with E-state index >= 15 is 0 Å². The van der Waals surface area contributed by atoms with Gasteiger partial charge in [0, 0.05) is 0 Å². The van der Waals surface area contributed by atoms with Crippen LogP contribution in [0.3, 0.4) is 0 Å². The lowest BCUT2D eigenvalue weighted by Gasteiger charge is -2.45. The third-order valence-electron chi connectivity index (χ3n) is 9.01. The van der Waals surface area contributed by atoms with Crippen LogP contribution < -0.4 is 0 Å². The van der Waals surface area contributed by atoms with Crippen LogP contribution in [0.25, 0.3) is 0 Å². The summed E-state index contributed by atoms with van der Waals surface area (Å²) in [5.41, 5.74) is 4.98. The van der Waals surface area contributed by atoms with Crippen LogP contribution in [0.2, 0.25) is 0 Å². The number of unbranched alkanes of at least 4 members (excludes halogenated alkanes) is 2. The molecule has 0 aromatic heterocycles. The van der Waals surface area contributed by atoms with Crippen molar-refractivity contribution in [2.24, 2.45) is 29.6 Å². The molecule has 30 heavy (non-hydrogen) atoms. The Balaban J connectivity index is 1.28. The lowest BCUT2D eigenvalue weighted by Crippen LogP contribution is -2.35. The lowest BCUT2D eigenvalue weighted by atomic mass is 9.61. The molecule has 0 nitrogen and oxygen atoms in total. The highest BCUT2D eigenvalue weighted by molar-refractivity contribution is 5.34. The molecule has 166 valence electrons. The summed E-state index contributed by atoms with van der Waals surface area (Å²) in [7, 11) is 0. The fourth-order valence-corrected chi connectivity index (χ4v) is 7.19. The Hall–Kier alpha value is -1.04. The van der Waals surface area contributed by atoms with Crippen LogP contribution in [0.5, 0.6) is 0 Å². The number of aryl methyl sites for hydroxylation is 2. The van der Waals surface area contributed by atoms with Crippen LogP contribution in [0, 0.1) is 29.6 Å². The van der Waals surface area contributed by atoms with E-state index in [9.17, 15) is 0 Å². The van der Waals surface area contributed by atoms with E-state index in [0.29, 0.717) is 0 Å². The number of allylic oxidation sites excluding steroid dienone is 2. The van der Waals surface area contributed by atoms with E-state index in [0.717, 1.165) is 29.6 Å². The SMILES string of the molecule is C/C=C/CC[C@@H]1CC[C@@H]2CC(C3CCc4cc(CCCCC)ccc4C3)CCC2C1. The summed E-state index contributed by atoms with van der Waals surface area (Å²) >= 11 is 0. The average molecular weight is 407 g/mol. The van der Waals surface area contributed by atoms with Crippen LogP contribution in [0.15, 0.2) is 30.4 Å². The Kier molecular flexibility index (Phi) is 8.14. The maximum atomic E-state index is 2.56. The third-order valence-corrected chi connectivity index (χ3v) is 9.01. The molecule has 0 spiro atoms. The monoisotopic (exact) mass is 406 g/mol. The molecular formula is C30H46. The van der Waals surface area contributed by atoms with E-state index < -0.39 is 0 Å². The molecular weight excluding hydrogens is 360 g/mol. The molecule has 5 atom stereocenters. The van der Waals surface area contributed by atoms with Crippen molar-refractivity contribution >= 4 is 0 Å². The van der Waals surface area contributed by atoms with Crippen molar-refractivity contribution in [1.82, 2.24) is 0 Å². The molecule has 1 aromatic rings. The van der Waals surface area contributed by atoms with E-state index in [1.807, 2.05) is 0 Å². The molecule has 2 fully saturated rings. The molecule has 2 saturated carbocycles. The summed E-state index contributed by atoms with van der Waals surface area (Å²) in [6.45, 7) is 4.46. The van der Waals surface area contributed by atoms with Crippen LogP contribution in [0.1, 0.15) is 108 Å². The molecule has 3 aliphatic rings. The van der Waals surface area contributed by atoms with Gasteiger partial charge in [0.2, 0.25) is 0 Å². The highest BCUT2D eigenvalue weighted by Crippen LogP contribution is 2.49. The molecule has 0 amide bonds. The molecule has 0 radical (unpaired) electrons. The van der Waals surface area contributed by atoms with Gasteiger partial charge in [-0.05, 0) is 130 Å². The molecule has 0 saturated heterocycles. The molecule has 4 rings (SSSR count). The van der Waals surface area contributed by atoms with Gasteiger partial charge in [0.25, 0.3) is 0 Å². The van der Waals surface area contributed by atoms with Gasteiger partial charge in [-0.2, -0.15) is 0 Å². The molecule has 3 aliphatic carbocycles. The summed E-state index contributed by atoms with van der Waals surface area (Å²) in [5, 5.41) is 0. The zero-order valence-corrected chi connectivity index (χ0v) is 19.9. The fourth-order valence-electron chi connectivity index (χ4n) is 7.19. The maximum Gasteiger partial charge on any atom is -0.0245 e. The molecule has 0 bridgehead atoms. The highest BCUT2D eigenvalue weighted by atomic mass is 14.4. The van der Waals surface area contributed by atoms with Crippen LogP contribution in [-0.2, 0) is 19.3 Å². The predicted molar refractivity (Wildman–Crippen MR) is 131 cm³/mol. The number of benzene rings is 1. The van der Waals surface area contributed by atoms with Crippen molar-refractivity contribution in [3.63, 3.8) is 0 Å². The minimum absolute atomic E-state index is 0.969. The van der Waals surface area contributed by atoms with Gasteiger partial charge >= 0.3 is 0 Å². The van der Waals surface area contributed by atoms with Gasteiger partial charge in [0.05, 0.1) is 0 Å². The average Bonchev–Trinajstić information content (AvgIpc) is 2.78. The molecule has 0 heteroatoms. The normalized spacial score (nSPS) is 31.5. The summed E-state index contributed by atoms with van der Waals surface area (Å²) in [6, 6.07) is 7.51. The minimum atomic E-state index is 0.969. The van der Waals surface area contributed by atoms with Crippen LogP contribution >= 0.6 is 0 Å². The maximum absolute atomic E-state index is 2.56. The summed E-state index contributed by atoms with van der Waals surface area (Å²) in [4.78, 5) is 0. The Morgan fingerprint density at radius 2 is 1.67 bits per heavy atom. The van der Waals surface area contributed by atoms with Gasteiger partial charge in [-0.3, -0.25) is 0 Å². The van der Waals surface area contributed by atoms with E-state index in [2.05, 4.69) is 44.2 Å². The number of hydrogen-bond donors (Lipinski definition) is 0. The van der Waals surface area contributed by atoms with Crippen molar-refractivity contribution in [3.8, 4) is 0 Å². The van der Waals surface area contributed by atoms with E-state index in [-0.39, 0.29) is 0 Å². The fraction of sp³-hybridized carbons (Fsp3) is 0.733. The standard InChI is InChI=1S/C30H46/c1-3-5-7-9-23-11-13-27-21-29(17-15-25(27)19-23)30-18-16-26-20-24(10-8-6-4-2)12-14-28(26)22-30/h3,5,12,14,20,23,25,27,29-30H,4,6-11,13,15-19,21-22H2,1-2H3/b5-3+/t23-,25?,27-,29?,30?/m1/s1. The van der Waals surface area contributed by atoms with E-state index in [1.54, 1.807) is 29.5 Å².